The van der Waals surface area contributed by atoms with Crippen LogP contribution in [0, 0.1) is 0 Å². The van der Waals surface area contributed by atoms with E-state index in [1.807, 2.05) is 18.2 Å². The van der Waals surface area contributed by atoms with Crippen LogP contribution in [-0.2, 0) is 6.54 Å². The zero-order chi connectivity index (χ0) is 15.5. The summed E-state index contributed by atoms with van der Waals surface area (Å²) in [6.07, 6.45) is 6.18. The van der Waals surface area contributed by atoms with E-state index in [2.05, 4.69) is 20.0 Å². The Kier molecular flexibility index (Phi) is 3.77. The first kappa shape index (κ1) is 14.0. The summed E-state index contributed by atoms with van der Waals surface area (Å²) in [5.41, 5.74) is 0. The van der Waals surface area contributed by atoms with Crippen LogP contribution in [0.5, 0.6) is 5.75 Å². The number of furan rings is 1. The second-order valence-electron chi connectivity index (χ2n) is 5.44. The van der Waals surface area contributed by atoms with Gasteiger partial charge in [-0.3, -0.25) is 9.88 Å². The third kappa shape index (κ3) is 3.24. The molecule has 0 aliphatic carbocycles. The highest BCUT2D eigenvalue weighted by Crippen LogP contribution is 2.20. The first-order valence-corrected chi connectivity index (χ1v) is 7.52. The summed E-state index contributed by atoms with van der Waals surface area (Å²) < 4.78 is 16.5. The van der Waals surface area contributed by atoms with Crippen LogP contribution in [0.4, 0.5) is 0 Å². The molecule has 1 atom stereocenters. The number of pyridine rings is 1. The van der Waals surface area contributed by atoms with Gasteiger partial charge in [-0.25, -0.2) is 0 Å². The first-order chi connectivity index (χ1) is 11.4. The summed E-state index contributed by atoms with van der Waals surface area (Å²) >= 11 is 0. The first-order valence-electron chi connectivity index (χ1n) is 7.52. The number of nitrogens with zero attached hydrogens (tertiary/aromatic N) is 4. The summed E-state index contributed by atoms with van der Waals surface area (Å²) in [5, 5.41) is 3.94. The Bertz CT molecular complexity index is 742. The quantitative estimate of drug-likeness (QED) is 0.715. The Morgan fingerprint density at radius 1 is 1.30 bits per heavy atom. The standard InChI is InChI=1S/C16H16N4O3/c1-3-12(9-17-6-1)22-13-5-7-20(10-13)11-15-18-16(19-23-15)14-4-2-8-21-14/h1-4,6,8-9,13H,5,7,10-11H2/t13-/m1/s1. The van der Waals surface area contributed by atoms with E-state index in [9.17, 15) is 0 Å². The molecule has 1 aliphatic heterocycles. The van der Waals surface area contributed by atoms with E-state index < -0.39 is 0 Å². The summed E-state index contributed by atoms with van der Waals surface area (Å²) in [6.45, 7) is 2.37. The second-order valence-corrected chi connectivity index (χ2v) is 5.44. The van der Waals surface area contributed by atoms with Gasteiger partial charge in [-0.05, 0) is 30.7 Å². The Hall–Kier alpha value is -2.67. The molecule has 4 rings (SSSR count). The van der Waals surface area contributed by atoms with Gasteiger partial charge in [-0.15, -0.1) is 0 Å². The van der Waals surface area contributed by atoms with Crippen molar-refractivity contribution < 1.29 is 13.7 Å². The van der Waals surface area contributed by atoms with E-state index in [4.69, 9.17) is 13.7 Å². The molecule has 118 valence electrons. The van der Waals surface area contributed by atoms with Crippen LogP contribution in [0.2, 0.25) is 0 Å². The van der Waals surface area contributed by atoms with Crippen molar-refractivity contribution in [1.82, 2.24) is 20.0 Å². The molecular formula is C16H16N4O3. The molecule has 1 aliphatic rings. The molecule has 3 aromatic rings. The fraction of sp³-hybridized carbons (Fsp3) is 0.312. The van der Waals surface area contributed by atoms with E-state index >= 15 is 0 Å². The minimum absolute atomic E-state index is 0.159. The minimum Gasteiger partial charge on any atom is -0.487 e. The molecule has 3 aromatic heterocycles. The van der Waals surface area contributed by atoms with Crippen LogP contribution in [-0.4, -0.2) is 39.2 Å². The maximum atomic E-state index is 5.92. The number of hydrogen-bond donors (Lipinski definition) is 0. The molecule has 0 unspecified atom stereocenters. The lowest BCUT2D eigenvalue weighted by molar-refractivity contribution is 0.190. The molecule has 0 bridgehead atoms. The van der Waals surface area contributed by atoms with Crippen LogP contribution in [0.25, 0.3) is 11.6 Å². The normalized spacial score (nSPS) is 18.3. The Balaban J connectivity index is 1.34. The van der Waals surface area contributed by atoms with Crippen molar-refractivity contribution in [2.45, 2.75) is 19.1 Å². The van der Waals surface area contributed by atoms with Crippen LogP contribution in [0.1, 0.15) is 12.3 Å². The monoisotopic (exact) mass is 312 g/mol. The number of likely N-dealkylation sites (tertiary alicyclic amines) is 1. The molecule has 1 saturated heterocycles. The minimum atomic E-state index is 0.159. The molecule has 23 heavy (non-hydrogen) atoms. The molecule has 7 heteroatoms. The van der Waals surface area contributed by atoms with Crippen molar-refractivity contribution in [3.05, 3.63) is 48.8 Å². The number of rotatable bonds is 5. The molecule has 0 amide bonds. The Labute approximate surface area is 132 Å². The number of aromatic nitrogens is 3. The SMILES string of the molecule is c1cncc(O[C@@H]2CCN(Cc3nc(-c4ccco4)no3)C2)c1. The summed E-state index contributed by atoms with van der Waals surface area (Å²) in [7, 11) is 0. The van der Waals surface area contributed by atoms with E-state index in [1.54, 1.807) is 24.7 Å². The highest BCUT2D eigenvalue weighted by atomic mass is 16.5. The van der Waals surface area contributed by atoms with Gasteiger partial charge in [-0.1, -0.05) is 5.16 Å². The van der Waals surface area contributed by atoms with E-state index in [0.717, 1.165) is 25.3 Å². The van der Waals surface area contributed by atoms with E-state index in [-0.39, 0.29) is 6.10 Å². The molecule has 7 nitrogen and oxygen atoms in total. The van der Waals surface area contributed by atoms with Crippen molar-refractivity contribution in [3.63, 3.8) is 0 Å². The van der Waals surface area contributed by atoms with E-state index in [1.165, 1.54) is 0 Å². The van der Waals surface area contributed by atoms with Gasteiger partial charge in [0, 0.05) is 19.3 Å². The van der Waals surface area contributed by atoms with Gasteiger partial charge < -0.3 is 13.7 Å². The van der Waals surface area contributed by atoms with Crippen LogP contribution in [0.15, 0.2) is 51.9 Å². The Morgan fingerprint density at radius 2 is 2.30 bits per heavy atom. The fourth-order valence-electron chi connectivity index (χ4n) is 2.66. The predicted molar refractivity (Wildman–Crippen MR) is 80.5 cm³/mol. The molecular weight excluding hydrogens is 296 g/mol. The van der Waals surface area contributed by atoms with Gasteiger partial charge in [-0.2, -0.15) is 4.98 Å². The summed E-state index contributed by atoms with van der Waals surface area (Å²) in [6, 6.07) is 7.40. The second kappa shape index (κ2) is 6.21. The van der Waals surface area contributed by atoms with Gasteiger partial charge in [0.2, 0.25) is 11.7 Å². The van der Waals surface area contributed by atoms with Gasteiger partial charge >= 0.3 is 0 Å². The van der Waals surface area contributed by atoms with Gasteiger partial charge in [0.05, 0.1) is 19.0 Å². The van der Waals surface area contributed by atoms with Crippen LogP contribution >= 0.6 is 0 Å². The average Bonchev–Trinajstić information content (AvgIpc) is 3.30. The third-order valence-corrected chi connectivity index (χ3v) is 3.73. The lowest BCUT2D eigenvalue weighted by atomic mass is 10.3. The molecule has 0 saturated carbocycles. The Morgan fingerprint density at radius 3 is 3.13 bits per heavy atom. The van der Waals surface area contributed by atoms with Crippen molar-refractivity contribution in [2.24, 2.45) is 0 Å². The topological polar surface area (TPSA) is 77.4 Å². The van der Waals surface area contributed by atoms with Crippen molar-refractivity contribution in [3.8, 4) is 17.3 Å². The molecule has 0 radical (unpaired) electrons. The zero-order valence-corrected chi connectivity index (χ0v) is 12.5. The molecule has 0 spiro atoms. The van der Waals surface area contributed by atoms with Crippen molar-refractivity contribution in [2.75, 3.05) is 13.1 Å². The van der Waals surface area contributed by atoms with Gasteiger partial charge in [0.1, 0.15) is 11.9 Å². The molecule has 0 aromatic carbocycles. The largest absolute Gasteiger partial charge is 0.487 e. The number of ether oxygens (including phenoxy) is 1. The van der Waals surface area contributed by atoms with Crippen molar-refractivity contribution in [1.29, 1.82) is 0 Å². The van der Waals surface area contributed by atoms with Crippen LogP contribution < -0.4 is 4.74 Å². The highest BCUT2D eigenvalue weighted by Gasteiger charge is 2.25. The zero-order valence-electron chi connectivity index (χ0n) is 12.5. The predicted octanol–water partition coefficient (Wildman–Crippen LogP) is 2.38. The highest BCUT2D eigenvalue weighted by molar-refractivity contribution is 5.44. The van der Waals surface area contributed by atoms with Crippen molar-refractivity contribution >= 4 is 0 Å². The fourth-order valence-corrected chi connectivity index (χ4v) is 2.66. The lowest BCUT2D eigenvalue weighted by Gasteiger charge is -2.14. The lowest BCUT2D eigenvalue weighted by Crippen LogP contribution is -2.24. The molecule has 4 heterocycles. The van der Waals surface area contributed by atoms with Crippen LogP contribution in [0.3, 0.4) is 0 Å². The summed E-state index contributed by atoms with van der Waals surface area (Å²) in [4.78, 5) is 10.7. The maximum absolute atomic E-state index is 5.92. The molecule has 0 N–H and O–H groups in total. The molecule has 1 fully saturated rings. The maximum Gasteiger partial charge on any atom is 0.241 e. The number of hydrogen-bond acceptors (Lipinski definition) is 7. The van der Waals surface area contributed by atoms with E-state index in [0.29, 0.717) is 24.0 Å². The summed E-state index contributed by atoms with van der Waals surface area (Å²) in [5.74, 6) is 2.47. The third-order valence-electron chi connectivity index (χ3n) is 3.73. The van der Waals surface area contributed by atoms with Gasteiger partial charge in [0.25, 0.3) is 0 Å². The average molecular weight is 312 g/mol. The van der Waals surface area contributed by atoms with Gasteiger partial charge in [0.15, 0.2) is 5.76 Å². The smallest absolute Gasteiger partial charge is 0.241 e.